The van der Waals surface area contributed by atoms with E-state index >= 15 is 0 Å². The molecule has 1 rings (SSSR count). The average Bonchev–Trinajstić information content (AvgIpc) is 2.50. The van der Waals surface area contributed by atoms with Gasteiger partial charge < -0.3 is 14.0 Å². The van der Waals surface area contributed by atoms with E-state index in [1.165, 1.54) is 4.90 Å². The van der Waals surface area contributed by atoms with E-state index in [4.69, 9.17) is 20.8 Å². The van der Waals surface area contributed by atoms with Crippen LogP contribution >= 0.6 is 11.6 Å². The summed E-state index contributed by atoms with van der Waals surface area (Å²) in [4.78, 5) is 25.2. The number of carbonyl (C=O) groups excluding carboxylic acids is 2. The molecule has 1 unspecified atom stereocenters. The molecule has 1 aromatic carbocycles. The van der Waals surface area contributed by atoms with Crippen molar-refractivity contribution in [2.75, 3.05) is 13.1 Å². The number of amides is 1. The topological polar surface area (TPSA) is 55.8 Å². The summed E-state index contributed by atoms with van der Waals surface area (Å²) >= 11 is 6.19. The largest absolute Gasteiger partial charge is 0.444 e. The molecule has 158 valence electrons. The van der Waals surface area contributed by atoms with Crippen LogP contribution in [0.4, 0.5) is 4.79 Å². The summed E-state index contributed by atoms with van der Waals surface area (Å²) < 4.78 is 12.1. The van der Waals surface area contributed by atoms with Gasteiger partial charge in [-0.3, -0.25) is 4.90 Å². The SMILES string of the molecule is CC(C)(C)OC(=O)N(CC=O)CC(O[Si](C)(C)C(C)(C)C)c1cccc(Cl)c1. The van der Waals surface area contributed by atoms with E-state index in [2.05, 4.69) is 33.9 Å². The summed E-state index contributed by atoms with van der Waals surface area (Å²) in [6.45, 7) is 16.3. The minimum atomic E-state index is -2.15. The van der Waals surface area contributed by atoms with Crippen molar-refractivity contribution in [3.8, 4) is 0 Å². The normalized spacial score (nSPS) is 13.8. The second-order valence-corrected chi connectivity index (χ2v) is 14.7. The third kappa shape index (κ3) is 7.57. The van der Waals surface area contributed by atoms with Gasteiger partial charge in [-0.2, -0.15) is 0 Å². The lowest BCUT2D eigenvalue weighted by Gasteiger charge is -2.40. The van der Waals surface area contributed by atoms with Gasteiger partial charge in [0.2, 0.25) is 0 Å². The van der Waals surface area contributed by atoms with Gasteiger partial charge in [0.1, 0.15) is 11.9 Å². The van der Waals surface area contributed by atoms with Gasteiger partial charge in [0.15, 0.2) is 8.32 Å². The zero-order valence-corrected chi connectivity index (χ0v) is 20.1. The lowest BCUT2D eigenvalue weighted by molar-refractivity contribution is -0.109. The first-order valence-corrected chi connectivity index (χ1v) is 12.8. The summed E-state index contributed by atoms with van der Waals surface area (Å²) in [5.74, 6) is 0. The molecule has 0 saturated carbocycles. The molecule has 0 saturated heterocycles. The van der Waals surface area contributed by atoms with Crippen molar-refractivity contribution in [1.29, 1.82) is 0 Å². The Hall–Kier alpha value is -1.37. The Kier molecular flexibility index (Phi) is 8.29. The van der Waals surface area contributed by atoms with E-state index in [1.807, 2.05) is 18.2 Å². The number of rotatable bonds is 7. The number of hydrogen-bond donors (Lipinski definition) is 0. The van der Waals surface area contributed by atoms with E-state index < -0.39 is 26.1 Å². The molecule has 0 heterocycles. The molecular formula is C21H34ClNO4Si. The van der Waals surface area contributed by atoms with Crippen molar-refractivity contribution in [3.05, 3.63) is 34.9 Å². The Balaban J connectivity index is 3.22. The fourth-order valence-corrected chi connectivity index (χ4v) is 3.76. The molecule has 0 spiro atoms. The number of nitrogens with zero attached hydrogens (tertiary/aromatic N) is 1. The smallest absolute Gasteiger partial charge is 0.410 e. The number of hydrogen-bond acceptors (Lipinski definition) is 4. The molecule has 0 bridgehead atoms. The van der Waals surface area contributed by atoms with E-state index in [0.29, 0.717) is 11.3 Å². The second-order valence-electron chi connectivity index (χ2n) is 9.47. The van der Waals surface area contributed by atoms with E-state index in [-0.39, 0.29) is 18.1 Å². The van der Waals surface area contributed by atoms with E-state index in [1.54, 1.807) is 26.8 Å². The highest BCUT2D eigenvalue weighted by molar-refractivity contribution is 6.74. The highest BCUT2D eigenvalue weighted by atomic mass is 35.5. The van der Waals surface area contributed by atoms with Gasteiger partial charge >= 0.3 is 6.09 Å². The van der Waals surface area contributed by atoms with Crippen LogP contribution < -0.4 is 0 Å². The van der Waals surface area contributed by atoms with Crippen molar-refractivity contribution < 1.29 is 18.8 Å². The highest BCUT2D eigenvalue weighted by Crippen LogP contribution is 2.40. The lowest BCUT2D eigenvalue weighted by atomic mass is 10.1. The Labute approximate surface area is 175 Å². The predicted octanol–water partition coefficient (Wildman–Crippen LogP) is 5.84. The third-order valence-electron chi connectivity index (χ3n) is 4.80. The molecule has 0 N–H and O–H groups in total. The molecule has 7 heteroatoms. The summed E-state index contributed by atoms with van der Waals surface area (Å²) in [7, 11) is -2.15. The molecular weight excluding hydrogens is 394 g/mol. The fourth-order valence-electron chi connectivity index (χ4n) is 2.29. The maximum Gasteiger partial charge on any atom is 0.410 e. The number of ether oxygens (including phenoxy) is 1. The maximum atomic E-state index is 12.6. The molecule has 28 heavy (non-hydrogen) atoms. The first-order valence-electron chi connectivity index (χ1n) is 9.51. The maximum absolute atomic E-state index is 12.6. The van der Waals surface area contributed by atoms with Crippen LogP contribution in [-0.2, 0) is 14.0 Å². The second kappa shape index (κ2) is 9.42. The predicted molar refractivity (Wildman–Crippen MR) is 116 cm³/mol. The van der Waals surface area contributed by atoms with Crippen LogP contribution in [0.2, 0.25) is 23.2 Å². The standard InChI is InChI=1S/C21H34ClNO4Si/c1-20(2,3)26-19(25)23(12-13-24)15-18(16-10-9-11-17(22)14-16)27-28(7,8)21(4,5)6/h9-11,13-14,18H,12,15H2,1-8H3. The van der Waals surface area contributed by atoms with Gasteiger partial charge in [0, 0.05) is 5.02 Å². The molecule has 0 aliphatic carbocycles. The molecule has 0 aliphatic heterocycles. The number of benzene rings is 1. The highest BCUT2D eigenvalue weighted by Gasteiger charge is 2.40. The molecule has 5 nitrogen and oxygen atoms in total. The van der Waals surface area contributed by atoms with Crippen molar-refractivity contribution in [2.45, 2.75) is 71.4 Å². The Morgan fingerprint density at radius 1 is 1.21 bits per heavy atom. The van der Waals surface area contributed by atoms with E-state index in [9.17, 15) is 9.59 Å². The summed E-state index contributed by atoms with van der Waals surface area (Å²) in [5.41, 5.74) is 0.223. The first kappa shape index (κ1) is 24.7. The summed E-state index contributed by atoms with van der Waals surface area (Å²) in [6.07, 6.45) is -0.247. The van der Waals surface area contributed by atoms with Crippen LogP contribution in [0.5, 0.6) is 0 Å². The van der Waals surface area contributed by atoms with Crippen LogP contribution in [0.15, 0.2) is 24.3 Å². The average molecular weight is 428 g/mol. The van der Waals surface area contributed by atoms with Crippen molar-refractivity contribution in [3.63, 3.8) is 0 Å². The lowest BCUT2D eigenvalue weighted by Crippen LogP contribution is -2.46. The van der Waals surface area contributed by atoms with Gasteiger partial charge in [-0.15, -0.1) is 0 Å². The van der Waals surface area contributed by atoms with Crippen LogP contribution in [-0.4, -0.2) is 44.3 Å². The first-order chi connectivity index (χ1) is 12.7. The summed E-state index contributed by atoms with van der Waals surface area (Å²) in [5, 5.41) is 0.589. The summed E-state index contributed by atoms with van der Waals surface area (Å²) in [6, 6.07) is 7.42. The molecule has 0 aromatic heterocycles. The van der Waals surface area contributed by atoms with Crippen LogP contribution in [0.25, 0.3) is 0 Å². The van der Waals surface area contributed by atoms with Crippen molar-refractivity contribution in [2.24, 2.45) is 0 Å². The zero-order valence-electron chi connectivity index (χ0n) is 18.3. The quantitative estimate of drug-likeness (QED) is 0.405. The van der Waals surface area contributed by atoms with Crippen molar-refractivity contribution >= 4 is 32.3 Å². The monoisotopic (exact) mass is 427 g/mol. The molecule has 1 aromatic rings. The van der Waals surface area contributed by atoms with Crippen LogP contribution in [0, 0.1) is 0 Å². The third-order valence-corrected chi connectivity index (χ3v) is 9.52. The van der Waals surface area contributed by atoms with Gasteiger partial charge in [0.25, 0.3) is 0 Å². The van der Waals surface area contributed by atoms with Gasteiger partial charge in [-0.1, -0.05) is 44.5 Å². The molecule has 0 aliphatic rings. The minimum absolute atomic E-state index is 0.00870. The molecule has 1 atom stereocenters. The van der Waals surface area contributed by atoms with Crippen LogP contribution in [0.1, 0.15) is 53.2 Å². The van der Waals surface area contributed by atoms with Gasteiger partial charge in [-0.05, 0) is 56.6 Å². The fraction of sp³-hybridized carbons (Fsp3) is 0.619. The molecule has 1 amide bonds. The Morgan fingerprint density at radius 3 is 2.29 bits per heavy atom. The van der Waals surface area contributed by atoms with Gasteiger partial charge in [-0.25, -0.2) is 4.79 Å². The molecule has 0 fully saturated rings. The number of aldehydes is 1. The van der Waals surface area contributed by atoms with E-state index in [0.717, 1.165) is 5.56 Å². The number of halogens is 1. The van der Waals surface area contributed by atoms with Crippen LogP contribution in [0.3, 0.4) is 0 Å². The zero-order chi connectivity index (χ0) is 21.8. The molecule has 0 radical (unpaired) electrons. The van der Waals surface area contributed by atoms with Gasteiger partial charge in [0.05, 0.1) is 19.2 Å². The number of carbonyl (C=O) groups is 2. The minimum Gasteiger partial charge on any atom is -0.444 e. The Morgan fingerprint density at radius 2 is 1.82 bits per heavy atom. The Bertz CT molecular complexity index is 680. The van der Waals surface area contributed by atoms with Crippen molar-refractivity contribution in [1.82, 2.24) is 4.90 Å².